The third-order valence-electron chi connectivity index (χ3n) is 2.60. The van der Waals surface area contributed by atoms with Gasteiger partial charge in [0.2, 0.25) is 0 Å². The highest BCUT2D eigenvalue weighted by Crippen LogP contribution is 2.18. The molecule has 1 heterocycles. The molecular formula is C11H12N4O4S. The van der Waals surface area contributed by atoms with E-state index in [2.05, 4.69) is 10.1 Å². The van der Waals surface area contributed by atoms with Crippen LogP contribution in [0.2, 0.25) is 0 Å². The molecule has 0 amide bonds. The van der Waals surface area contributed by atoms with Crippen LogP contribution in [0.3, 0.4) is 0 Å². The number of non-ortho nitro benzene ring substituents is 1. The van der Waals surface area contributed by atoms with Crippen molar-refractivity contribution < 1.29 is 13.3 Å². The van der Waals surface area contributed by atoms with Crippen LogP contribution in [0.5, 0.6) is 0 Å². The molecule has 0 saturated carbocycles. The number of nitrogens with zero attached hydrogens (tertiary/aromatic N) is 4. The van der Waals surface area contributed by atoms with Gasteiger partial charge in [0, 0.05) is 18.1 Å². The summed E-state index contributed by atoms with van der Waals surface area (Å²) < 4.78 is 25.3. The molecule has 0 bridgehead atoms. The quantitative estimate of drug-likeness (QED) is 0.625. The van der Waals surface area contributed by atoms with Crippen LogP contribution in [0, 0.1) is 10.1 Å². The van der Waals surface area contributed by atoms with Gasteiger partial charge in [-0.25, -0.2) is 4.98 Å². The van der Waals surface area contributed by atoms with Crippen LogP contribution < -0.4 is 0 Å². The van der Waals surface area contributed by atoms with Crippen molar-refractivity contribution in [3.8, 4) is 0 Å². The zero-order chi connectivity index (χ0) is 14.9. The van der Waals surface area contributed by atoms with E-state index in [9.17, 15) is 18.5 Å². The molecule has 0 unspecified atom stereocenters. The van der Waals surface area contributed by atoms with E-state index >= 15 is 0 Å². The predicted octanol–water partition coefficient (Wildman–Crippen LogP) is 1.55. The number of nitro benzene ring substituents is 1. The number of hydrogen-bond acceptors (Lipinski definition) is 6. The first-order valence-corrected chi connectivity index (χ1v) is 7.18. The van der Waals surface area contributed by atoms with Crippen LogP contribution in [-0.4, -0.2) is 27.5 Å². The van der Waals surface area contributed by atoms with E-state index in [0.29, 0.717) is 5.82 Å². The van der Waals surface area contributed by atoms with Gasteiger partial charge in [-0.15, -0.1) is 9.19 Å². The molecule has 0 atom stereocenters. The molecule has 9 heteroatoms. The minimum atomic E-state index is -3.87. The van der Waals surface area contributed by atoms with Gasteiger partial charge >= 0.3 is 0 Å². The van der Waals surface area contributed by atoms with E-state index in [4.69, 9.17) is 0 Å². The number of rotatable bonds is 4. The third kappa shape index (κ3) is 2.52. The molecule has 8 nitrogen and oxygen atoms in total. The molecule has 0 spiro atoms. The van der Waals surface area contributed by atoms with Crippen molar-refractivity contribution in [1.29, 1.82) is 0 Å². The van der Waals surface area contributed by atoms with E-state index in [-0.39, 0.29) is 16.5 Å². The number of hydrogen-bond donors (Lipinski definition) is 0. The zero-order valence-electron chi connectivity index (χ0n) is 10.8. The summed E-state index contributed by atoms with van der Waals surface area (Å²) in [6.45, 7) is 3.69. The maximum Gasteiger partial charge on any atom is 0.284 e. The SMILES string of the molecule is CC(C)c1ncn(S(=O)(=O)c2ccc([N+](=O)[O-])cc2)n1. The highest BCUT2D eigenvalue weighted by molar-refractivity contribution is 7.89. The monoisotopic (exact) mass is 296 g/mol. The zero-order valence-corrected chi connectivity index (χ0v) is 11.6. The average molecular weight is 296 g/mol. The Morgan fingerprint density at radius 3 is 2.30 bits per heavy atom. The molecule has 1 aromatic heterocycles. The Morgan fingerprint density at radius 1 is 1.25 bits per heavy atom. The molecule has 2 rings (SSSR count). The highest BCUT2D eigenvalue weighted by atomic mass is 32.2. The van der Waals surface area contributed by atoms with Gasteiger partial charge in [0.1, 0.15) is 6.33 Å². The second-order valence-electron chi connectivity index (χ2n) is 4.39. The summed E-state index contributed by atoms with van der Waals surface area (Å²) in [5.74, 6) is 0.416. The summed E-state index contributed by atoms with van der Waals surface area (Å²) in [5, 5.41) is 14.4. The first kappa shape index (κ1) is 14.1. The van der Waals surface area contributed by atoms with E-state index in [1.54, 1.807) is 0 Å². The molecule has 0 saturated heterocycles. The Bertz CT molecular complexity index is 734. The van der Waals surface area contributed by atoms with Gasteiger partial charge in [-0.2, -0.15) is 8.42 Å². The Balaban J connectivity index is 2.41. The molecular weight excluding hydrogens is 284 g/mol. The van der Waals surface area contributed by atoms with Crippen LogP contribution in [0.4, 0.5) is 5.69 Å². The van der Waals surface area contributed by atoms with Gasteiger partial charge in [0.15, 0.2) is 5.82 Å². The van der Waals surface area contributed by atoms with Gasteiger partial charge < -0.3 is 0 Å². The molecule has 0 aliphatic heterocycles. The first-order chi connectivity index (χ1) is 9.32. The average Bonchev–Trinajstić information content (AvgIpc) is 2.89. The van der Waals surface area contributed by atoms with Crippen molar-refractivity contribution in [2.45, 2.75) is 24.7 Å². The fourth-order valence-electron chi connectivity index (χ4n) is 1.49. The van der Waals surface area contributed by atoms with Crippen LogP contribution in [0.25, 0.3) is 0 Å². The molecule has 106 valence electrons. The van der Waals surface area contributed by atoms with Crippen molar-refractivity contribution in [2.24, 2.45) is 0 Å². The Hall–Kier alpha value is -2.29. The minimum Gasteiger partial charge on any atom is -0.258 e. The molecule has 0 fully saturated rings. The van der Waals surface area contributed by atoms with Gasteiger partial charge in [-0.05, 0) is 12.1 Å². The fourth-order valence-corrected chi connectivity index (χ4v) is 2.55. The predicted molar refractivity (Wildman–Crippen MR) is 69.8 cm³/mol. The van der Waals surface area contributed by atoms with Gasteiger partial charge in [0.25, 0.3) is 15.7 Å². The number of benzene rings is 1. The molecule has 0 aliphatic rings. The Kier molecular flexibility index (Phi) is 3.53. The lowest BCUT2D eigenvalue weighted by atomic mass is 10.2. The van der Waals surface area contributed by atoms with Crippen LogP contribution in [0.15, 0.2) is 35.5 Å². The van der Waals surface area contributed by atoms with Crippen molar-refractivity contribution in [2.75, 3.05) is 0 Å². The smallest absolute Gasteiger partial charge is 0.258 e. The summed E-state index contributed by atoms with van der Waals surface area (Å²) in [4.78, 5) is 13.8. The summed E-state index contributed by atoms with van der Waals surface area (Å²) in [6.07, 6.45) is 1.12. The lowest BCUT2D eigenvalue weighted by Gasteiger charge is -2.03. The first-order valence-electron chi connectivity index (χ1n) is 5.74. The van der Waals surface area contributed by atoms with E-state index in [1.807, 2.05) is 13.8 Å². The third-order valence-corrected chi connectivity index (χ3v) is 4.13. The number of aromatic nitrogens is 3. The minimum absolute atomic E-state index is 0.00307. The Morgan fingerprint density at radius 2 is 1.85 bits per heavy atom. The van der Waals surface area contributed by atoms with Crippen LogP contribution in [-0.2, 0) is 10.0 Å². The normalized spacial score (nSPS) is 11.8. The van der Waals surface area contributed by atoms with Gasteiger partial charge in [-0.3, -0.25) is 10.1 Å². The maximum absolute atomic E-state index is 12.2. The molecule has 1 aromatic carbocycles. The largest absolute Gasteiger partial charge is 0.284 e. The molecule has 20 heavy (non-hydrogen) atoms. The van der Waals surface area contributed by atoms with Crippen molar-refractivity contribution in [3.05, 3.63) is 46.5 Å². The molecule has 0 radical (unpaired) electrons. The van der Waals surface area contributed by atoms with Crippen LogP contribution in [0.1, 0.15) is 25.6 Å². The van der Waals surface area contributed by atoms with Crippen molar-refractivity contribution in [3.63, 3.8) is 0 Å². The van der Waals surface area contributed by atoms with E-state index < -0.39 is 14.9 Å². The van der Waals surface area contributed by atoms with Gasteiger partial charge in [0.05, 0.1) is 9.82 Å². The van der Waals surface area contributed by atoms with Crippen LogP contribution >= 0.6 is 0 Å². The Labute approximate surface area is 115 Å². The maximum atomic E-state index is 12.2. The second-order valence-corrected chi connectivity index (χ2v) is 6.18. The standard InChI is InChI=1S/C11H12N4O4S/c1-8(2)11-12-7-14(13-11)20(18,19)10-5-3-9(4-6-10)15(16)17/h3-8H,1-2H3. The molecule has 0 N–H and O–H groups in total. The molecule has 2 aromatic rings. The van der Waals surface area contributed by atoms with E-state index in [0.717, 1.165) is 22.5 Å². The summed E-state index contributed by atoms with van der Waals surface area (Å²) >= 11 is 0. The topological polar surface area (TPSA) is 108 Å². The highest BCUT2D eigenvalue weighted by Gasteiger charge is 2.20. The van der Waals surface area contributed by atoms with Crippen molar-refractivity contribution >= 4 is 15.7 Å². The van der Waals surface area contributed by atoms with Crippen molar-refractivity contribution in [1.82, 2.24) is 14.2 Å². The van der Waals surface area contributed by atoms with E-state index in [1.165, 1.54) is 12.1 Å². The van der Waals surface area contributed by atoms with Gasteiger partial charge in [-0.1, -0.05) is 13.8 Å². The summed E-state index contributed by atoms with van der Waals surface area (Å²) in [7, 11) is -3.87. The number of nitro groups is 1. The summed E-state index contributed by atoms with van der Waals surface area (Å²) in [6, 6.07) is 4.61. The lowest BCUT2D eigenvalue weighted by Crippen LogP contribution is -2.14. The summed E-state index contributed by atoms with van der Waals surface area (Å²) in [5.41, 5.74) is -0.176. The molecule has 0 aliphatic carbocycles. The fraction of sp³-hybridized carbons (Fsp3) is 0.273. The lowest BCUT2D eigenvalue weighted by molar-refractivity contribution is -0.384. The second kappa shape index (κ2) is 5.00.